The van der Waals surface area contributed by atoms with Gasteiger partial charge in [-0.3, -0.25) is 10.1 Å². The molecule has 6 heteroatoms. The second kappa shape index (κ2) is 6.46. The van der Waals surface area contributed by atoms with Gasteiger partial charge in [-0.1, -0.05) is 6.07 Å². The highest BCUT2D eigenvalue weighted by molar-refractivity contribution is 5.95. The Morgan fingerprint density at radius 1 is 1.12 bits per heavy atom. The van der Waals surface area contributed by atoms with Crippen molar-refractivity contribution < 1.29 is 9.47 Å². The predicted octanol–water partition coefficient (Wildman–Crippen LogP) is 2.78. The van der Waals surface area contributed by atoms with Gasteiger partial charge in [-0.25, -0.2) is 0 Å². The third-order valence-electron chi connectivity index (χ3n) is 5.02. The highest BCUT2D eigenvalue weighted by Gasteiger charge is 2.33. The average molecular weight is 338 g/mol. The number of ether oxygens (including phenoxy) is 2. The van der Waals surface area contributed by atoms with E-state index in [2.05, 4.69) is 44.3 Å². The molecule has 1 aliphatic rings. The number of nitrogens with one attached hydrogen (secondary N) is 1. The zero-order valence-corrected chi connectivity index (χ0v) is 14.7. The van der Waals surface area contributed by atoms with Crippen LogP contribution < -0.4 is 4.90 Å². The number of aryl methyl sites for hydroxylation is 1. The SMILES string of the molecule is COC1CN(c2ccnc3ccc(-c4cn[nH]c4C)cc23)CC1OC. The van der Waals surface area contributed by atoms with Crippen LogP contribution >= 0.6 is 0 Å². The number of nitrogens with zero attached hydrogens (tertiary/aromatic N) is 3. The fourth-order valence-electron chi connectivity index (χ4n) is 3.61. The molecule has 2 unspecified atom stereocenters. The fourth-order valence-corrected chi connectivity index (χ4v) is 3.61. The van der Waals surface area contributed by atoms with E-state index in [0.717, 1.165) is 46.5 Å². The van der Waals surface area contributed by atoms with E-state index in [1.807, 2.05) is 19.3 Å². The Hall–Kier alpha value is -2.44. The molecule has 0 saturated carbocycles. The van der Waals surface area contributed by atoms with E-state index < -0.39 is 0 Å². The Bertz CT molecular complexity index is 880. The number of rotatable bonds is 4. The first-order valence-corrected chi connectivity index (χ1v) is 8.41. The largest absolute Gasteiger partial charge is 0.377 e. The van der Waals surface area contributed by atoms with Crippen LogP contribution in [-0.4, -0.2) is 54.7 Å². The number of aromatic nitrogens is 3. The molecule has 1 fully saturated rings. The molecule has 0 aliphatic carbocycles. The van der Waals surface area contributed by atoms with Gasteiger partial charge in [0.15, 0.2) is 0 Å². The summed E-state index contributed by atoms with van der Waals surface area (Å²) in [4.78, 5) is 6.84. The van der Waals surface area contributed by atoms with Crippen molar-refractivity contribution in [3.05, 3.63) is 42.4 Å². The van der Waals surface area contributed by atoms with Gasteiger partial charge in [0.1, 0.15) is 12.2 Å². The smallest absolute Gasteiger partial charge is 0.102 e. The van der Waals surface area contributed by atoms with Crippen LogP contribution in [0.1, 0.15) is 5.69 Å². The summed E-state index contributed by atoms with van der Waals surface area (Å²) in [7, 11) is 3.48. The van der Waals surface area contributed by atoms with Crippen molar-refractivity contribution >= 4 is 16.6 Å². The molecule has 1 N–H and O–H groups in total. The summed E-state index contributed by atoms with van der Waals surface area (Å²) in [6.07, 6.45) is 3.88. The van der Waals surface area contributed by atoms with Crippen LogP contribution in [0.15, 0.2) is 36.7 Å². The standard InChI is InChI=1S/C19H22N4O2/c1-12-15(9-21-22-12)13-4-5-16-14(8-13)17(6-7-20-16)23-10-18(24-2)19(11-23)25-3/h4-9,18-19H,10-11H2,1-3H3,(H,21,22). The molecule has 3 aromatic rings. The molecule has 0 radical (unpaired) electrons. The van der Waals surface area contributed by atoms with Crippen LogP contribution in [-0.2, 0) is 9.47 Å². The molecule has 4 rings (SSSR count). The van der Waals surface area contributed by atoms with Crippen molar-refractivity contribution in [1.82, 2.24) is 15.2 Å². The van der Waals surface area contributed by atoms with Gasteiger partial charge in [0.2, 0.25) is 0 Å². The normalized spacial score (nSPS) is 20.5. The zero-order valence-electron chi connectivity index (χ0n) is 14.7. The van der Waals surface area contributed by atoms with Crippen LogP contribution in [0.4, 0.5) is 5.69 Å². The molecule has 0 spiro atoms. The van der Waals surface area contributed by atoms with Crippen molar-refractivity contribution in [1.29, 1.82) is 0 Å². The van der Waals surface area contributed by atoms with Gasteiger partial charge in [0.25, 0.3) is 0 Å². The molecule has 25 heavy (non-hydrogen) atoms. The Morgan fingerprint density at radius 3 is 2.52 bits per heavy atom. The number of benzene rings is 1. The van der Waals surface area contributed by atoms with E-state index in [0.29, 0.717) is 0 Å². The summed E-state index contributed by atoms with van der Waals surface area (Å²) >= 11 is 0. The van der Waals surface area contributed by atoms with E-state index in [9.17, 15) is 0 Å². The van der Waals surface area contributed by atoms with Crippen molar-refractivity contribution in [3.63, 3.8) is 0 Å². The summed E-state index contributed by atoms with van der Waals surface area (Å²) in [5.74, 6) is 0. The minimum Gasteiger partial charge on any atom is -0.377 e. The molecular formula is C19H22N4O2. The highest BCUT2D eigenvalue weighted by Crippen LogP contribution is 2.33. The molecular weight excluding hydrogens is 316 g/mol. The lowest BCUT2D eigenvalue weighted by Crippen LogP contribution is -2.27. The molecule has 2 aromatic heterocycles. The number of pyridine rings is 1. The van der Waals surface area contributed by atoms with Gasteiger partial charge in [-0.15, -0.1) is 0 Å². The van der Waals surface area contributed by atoms with E-state index in [1.165, 1.54) is 0 Å². The van der Waals surface area contributed by atoms with Gasteiger partial charge >= 0.3 is 0 Å². The van der Waals surface area contributed by atoms with Gasteiger partial charge in [-0.05, 0) is 30.7 Å². The minimum absolute atomic E-state index is 0.0764. The summed E-state index contributed by atoms with van der Waals surface area (Å²) in [6, 6.07) is 8.42. The lowest BCUT2D eigenvalue weighted by molar-refractivity contribution is -0.00461. The average Bonchev–Trinajstić information content (AvgIpc) is 3.26. The van der Waals surface area contributed by atoms with Crippen LogP contribution in [0.2, 0.25) is 0 Å². The second-order valence-corrected chi connectivity index (χ2v) is 6.42. The van der Waals surface area contributed by atoms with Crippen LogP contribution in [0.25, 0.3) is 22.0 Å². The van der Waals surface area contributed by atoms with Crippen LogP contribution in [0.3, 0.4) is 0 Å². The maximum atomic E-state index is 5.58. The summed E-state index contributed by atoms with van der Waals surface area (Å²) in [6.45, 7) is 3.65. The molecule has 1 saturated heterocycles. The number of hydrogen-bond donors (Lipinski definition) is 1. The number of anilines is 1. The van der Waals surface area contributed by atoms with Crippen molar-refractivity contribution in [2.75, 3.05) is 32.2 Å². The topological polar surface area (TPSA) is 63.3 Å². The number of aromatic amines is 1. The third-order valence-corrected chi connectivity index (χ3v) is 5.02. The quantitative estimate of drug-likeness (QED) is 0.792. The van der Waals surface area contributed by atoms with Crippen LogP contribution in [0.5, 0.6) is 0 Å². The molecule has 2 atom stereocenters. The Labute approximate surface area is 146 Å². The Morgan fingerprint density at radius 2 is 1.88 bits per heavy atom. The van der Waals surface area contributed by atoms with Crippen molar-refractivity contribution in [2.24, 2.45) is 0 Å². The Balaban J connectivity index is 1.78. The van der Waals surface area contributed by atoms with Crippen LogP contribution in [0, 0.1) is 6.92 Å². The van der Waals surface area contributed by atoms with Gasteiger partial charge in [-0.2, -0.15) is 5.10 Å². The lowest BCUT2D eigenvalue weighted by Gasteiger charge is -2.20. The fraction of sp³-hybridized carbons (Fsp3) is 0.368. The molecule has 3 heterocycles. The van der Waals surface area contributed by atoms with Gasteiger partial charge < -0.3 is 14.4 Å². The summed E-state index contributed by atoms with van der Waals surface area (Å²) in [5, 5.41) is 8.27. The van der Waals surface area contributed by atoms with E-state index in [1.54, 1.807) is 14.2 Å². The number of fused-ring (bicyclic) bond motifs is 1. The maximum absolute atomic E-state index is 5.58. The first-order valence-electron chi connectivity index (χ1n) is 8.41. The minimum atomic E-state index is 0.0764. The van der Waals surface area contributed by atoms with Gasteiger partial charge in [0.05, 0.1) is 11.7 Å². The summed E-state index contributed by atoms with van der Waals surface area (Å²) in [5.41, 5.74) is 5.46. The molecule has 1 aromatic carbocycles. The molecule has 6 nitrogen and oxygen atoms in total. The zero-order chi connectivity index (χ0) is 17.4. The maximum Gasteiger partial charge on any atom is 0.102 e. The van der Waals surface area contributed by atoms with Crippen molar-refractivity contribution in [3.8, 4) is 11.1 Å². The molecule has 130 valence electrons. The number of hydrogen-bond acceptors (Lipinski definition) is 5. The molecule has 0 amide bonds. The van der Waals surface area contributed by atoms with Crippen molar-refractivity contribution in [2.45, 2.75) is 19.1 Å². The van der Waals surface area contributed by atoms with E-state index in [4.69, 9.17) is 9.47 Å². The first kappa shape index (κ1) is 16.1. The van der Waals surface area contributed by atoms with E-state index in [-0.39, 0.29) is 12.2 Å². The second-order valence-electron chi connectivity index (χ2n) is 6.42. The number of methoxy groups -OCH3 is 2. The van der Waals surface area contributed by atoms with E-state index >= 15 is 0 Å². The molecule has 1 aliphatic heterocycles. The lowest BCUT2D eigenvalue weighted by atomic mass is 10.0. The predicted molar refractivity (Wildman–Crippen MR) is 97.9 cm³/mol. The number of H-pyrrole nitrogens is 1. The summed E-state index contributed by atoms with van der Waals surface area (Å²) < 4.78 is 11.2. The molecule has 0 bridgehead atoms. The first-order chi connectivity index (χ1) is 12.2. The van der Waals surface area contributed by atoms with Gasteiger partial charge in [0, 0.05) is 55.8 Å². The highest BCUT2D eigenvalue weighted by atomic mass is 16.5. The Kier molecular flexibility index (Phi) is 4.15. The third kappa shape index (κ3) is 2.77. The monoisotopic (exact) mass is 338 g/mol.